The first-order chi connectivity index (χ1) is 15.7. The van der Waals surface area contributed by atoms with Crippen LogP contribution in [0.3, 0.4) is 0 Å². The van der Waals surface area contributed by atoms with Crippen molar-refractivity contribution in [2.75, 3.05) is 13.1 Å². The lowest BCUT2D eigenvalue weighted by Crippen LogP contribution is -2.58. The normalized spacial score (nSPS) is 15.0. The molecule has 1 fully saturated rings. The van der Waals surface area contributed by atoms with Gasteiger partial charge in [0, 0.05) is 64.9 Å². The van der Waals surface area contributed by atoms with Gasteiger partial charge in [-0.3, -0.25) is 20.7 Å². The van der Waals surface area contributed by atoms with Gasteiger partial charge in [-0.2, -0.15) is 0 Å². The SMILES string of the molecule is CC(=N)/C=C\C(=N)NC(=N)Sc1ccc2ncc(/C(C=N)=C/NC3CN(C(C)C)C3)cc2c1. The van der Waals surface area contributed by atoms with Crippen molar-refractivity contribution in [3.63, 3.8) is 0 Å². The second-order valence-electron chi connectivity index (χ2n) is 8.22. The highest BCUT2D eigenvalue weighted by Gasteiger charge is 2.27. The van der Waals surface area contributed by atoms with Crippen molar-refractivity contribution >= 4 is 51.2 Å². The van der Waals surface area contributed by atoms with E-state index in [4.69, 9.17) is 21.6 Å². The molecule has 2 aromatic rings. The Kier molecular flexibility index (Phi) is 8.13. The molecule has 0 unspecified atom stereocenters. The fourth-order valence-electron chi connectivity index (χ4n) is 3.30. The molecular formula is C24H30N8S. The highest BCUT2D eigenvalue weighted by Crippen LogP contribution is 2.25. The van der Waals surface area contributed by atoms with Gasteiger partial charge >= 0.3 is 0 Å². The number of rotatable bonds is 8. The molecule has 1 saturated heterocycles. The van der Waals surface area contributed by atoms with E-state index in [2.05, 4.69) is 34.4 Å². The van der Waals surface area contributed by atoms with Gasteiger partial charge < -0.3 is 21.5 Å². The van der Waals surface area contributed by atoms with Crippen LogP contribution in [0.4, 0.5) is 0 Å². The van der Waals surface area contributed by atoms with Crippen molar-refractivity contribution in [2.24, 2.45) is 0 Å². The predicted octanol–water partition coefficient (Wildman–Crippen LogP) is 4.10. The molecule has 1 aliphatic heterocycles. The lowest BCUT2D eigenvalue weighted by molar-refractivity contribution is 0.0996. The van der Waals surface area contributed by atoms with Crippen LogP contribution in [-0.2, 0) is 0 Å². The molecular weight excluding hydrogens is 432 g/mol. The quantitative estimate of drug-likeness (QED) is 0.199. The third-order valence-electron chi connectivity index (χ3n) is 5.22. The van der Waals surface area contributed by atoms with E-state index in [1.807, 2.05) is 30.5 Å². The number of thioether (sulfide) groups is 1. The number of pyridine rings is 1. The summed E-state index contributed by atoms with van der Waals surface area (Å²) in [6.07, 6.45) is 7.97. The van der Waals surface area contributed by atoms with Crippen LogP contribution in [0.1, 0.15) is 26.3 Å². The Hall–Kier alpha value is -3.30. The zero-order chi connectivity index (χ0) is 24.0. The van der Waals surface area contributed by atoms with Gasteiger partial charge in [-0.25, -0.2) is 0 Å². The van der Waals surface area contributed by atoms with Gasteiger partial charge in [0.05, 0.1) is 11.6 Å². The van der Waals surface area contributed by atoms with E-state index in [1.165, 1.54) is 30.1 Å². The maximum absolute atomic E-state index is 8.11. The van der Waals surface area contributed by atoms with Crippen molar-refractivity contribution in [3.8, 4) is 0 Å². The molecule has 0 aliphatic carbocycles. The fourth-order valence-corrected chi connectivity index (χ4v) is 4.02. The molecule has 0 amide bonds. The standard InChI is InChI=1S/C24H30N8S/c1-15(2)32-13-20(14-32)29-12-19(10-25)18-8-17-9-21(5-6-22(17)30-11-18)33-24(28)31-23(27)7-4-16(3)26/h4-12,15,20,25-26,29H,13-14H2,1-3H3,(H3,27,28,31)/b7-4-,19-12+,25-10?,26-16?. The van der Waals surface area contributed by atoms with Gasteiger partial charge in [-0.05, 0) is 57.2 Å². The van der Waals surface area contributed by atoms with E-state index in [0.29, 0.717) is 17.8 Å². The molecule has 1 aliphatic rings. The molecule has 2 heterocycles. The van der Waals surface area contributed by atoms with Crippen molar-refractivity contribution in [2.45, 2.75) is 37.8 Å². The molecule has 0 radical (unpaired) electrons. The summed E-state index contributed by atoms with van der Waals surface area (Å²) >= 11 is 1.21. The number of benzene rings is 1. The smallest absolute Gasteiger partial charge is 0.164 e. The van der Waals surface area contributed by atoms with Crippen LogP contribution in [-0.4, -0.2) is 58.0 Å². The molecule has 3 rings (SSSR count). The number of fused-ring (bicyclic) bond motifs is 1. The molecule has 0 bridgehead atoms. The number of amidine groups is 2. The van der Waals surface area contributed by atoms with E-state index in [1.54, 1.807) is 13.1 Å². The number of aromatic nitrogens is 1. The molecule has 1 aromatic heterocycles. The Labute approximate surface area is 198 Å². The Morgan fingerprint density at radius 1 is 1.18 bits per heavy atom. The highest BCUT2D eigenvalue weighted by atomic mass is 32.2. The maximum atomic E-state index is 8.11. The van der Waals surface area contributed by atoms with Crippen LogP contribution in [0, 0.1) is 21.6 Å². The largest absolute Gasteiger partial charge is 0.385 e. The number of nitrogens with one attached hydrogen (secondary N) is 6. The molecule has 33 heavy (non-hydrogen) atoms. The lowest BCUT2D eigenvalue weighted by Gasteiger charge is -2.42. The first kappa shape index (κ1) is 24.3. The number of allylic oxidation sites excluding steroid dienone is 2. The Balaban J connectivity index is 1.68. The minimum atomic E-state index is 0.0556. The minimum absolute atomic E-state index is 0.0556. The van der Waals surface area contributed by atoms with Gasteiger partial charge in [-0.1, -0.05) is 11.8 Å². The van der Waals surface area contributed by atoms with E-state index < -0.39 is 0 Å². The van der Waals surface area contributed by atoms with Crippen molar-refractivity contribution in [1.82, 2.24) is 20.5 Å². The Morgan fingerprint density at radius 3 is 2.61 bits per heavy atom. The Morgan fingerprint density at radius 2 is 1.94 bits per heavy atom. The molecule has 1 aromatic carbocycles. The fraction of sp³-hybridized carbons (Fsp3) is 0.292. The topological polar surface area (TPSA) is 136 Å². The van der Waals surface area contributed by atoms with Crippen LogP contribution in [0.5, 0.6) is 0 Å². The monoisotopic (exact) mass is 462 g/mol. The maximum Gasteiger partial charge on any atom is 0.164 e. The summed E-state index contributed by atoms with van der Waals surface area (Å²) in [6, 6.07) is 8.70. The minimum Gasteiger partial charge on any atom is -0.385 e. The summed E-state index contributed by atoms with van der Waals surface area (Å²) in [5.41, 5.74) is 2.80. The van der Waals surface area contributed by atoms with E-state index >= 15 is 0 Å². The van der Waals surface area contributed by atoms with E-state index in [-0.39, 0.29) is 11.0 Å². The van der Waals surface area contributed by atoms with Gasteiger partial charge in [0.15, 0.2) is 5.17 Å². The van der Waals surface area contributed by atoms with Crippen molar-refractivity contribution < 1.29 is 0 Å². The number of hydrogen-bond acceptors (Lipinski definition) is 8. The average Bonchev–Trinajstić information content (AvgIpc) is 2.73. The molecule has 8 nitrogen and oxygen atoms in total. The third-order valence-corrected chi connectivity index (χ3v) is 6.02. The second-order valence-corrected chi connectivity index (χ2v) is 9.30. The first-order valence-corrected chi connectivity index (χ1v) is 11.5. The van der Waals surface area contributed by atoms with Crippen LogP contribution in [0.25, 0.3) is 16.5 Å². The molecule has 0 spiro atoms. The summed E-state index contributed by atoms with van der Waals surface area (Å²) in [4.78, 5) is 7.78. The van der Waals surface area contributed by atoms with Crippen LogP contribution in [0.15, 0.2) is 53.7 Å². The molecule has 6 N–H and O–H groups in total. The van der Waals surface area contributed by atoms with E-state index in [9.17, 15) is 0 Å². The molecule has 172 valence electrons. The van der Waals surface area contributed by atoms with Gasteiger partial charge in [0.1, 0.15) is 5.84 Å². The predicted molar refractivity (Wildman–Crippen MR) is 139 cm³/mol. The number of hydrogen-bond donors (Lipinski definition) is 6. The number of likely N-dealkylation sites (tertiary alicyclic amines) is 1. The van der Waals surface area contributed by atoms with Crippen LogP contribution < -0.4 is 10.6 Å². The zero-order valence-corrected chi connectivity index (χ0v) is 19.9. The van der Waals surface area contributed by atoms with E-state index in [0.717, 1.165) is 40.0 Å². The molecule has 0 saturated carbocycles. The highest BCUT2D eigenvalue weighted by molar-refractivity contribution is 8.13. The molecule has 0 atom stereocenters. The van der Waals surface area contributed by atoms with Crippen molar-refractivity contribution in [3.05, 3.63) is 54.4 Å². The summed E-state index contributed by atoms with van der Waals surface area (Å²) in [5.74, 6) is 0.0556. The summed E-state index contributed by atoms with van der Waals surface area (Å²) in [5, 5.41) is 38.3. The average molecular weight is 463 g/mol. The first-order valence-electron chi connectivity index (χ1n) is 10.7. The summed E-state index contributed by atoms with van der Waals surface area (Å²) in [7, 11) is 0. The van der Waals surface area contributed by atoms with Gasteiger partial charge in [-0.15, -0.1) is 0 Å². The second kappa shape index (κ2) is 11.0. The Bertz CT molecular complexity index is 1130. The van der Waals surface area contributed by atoms with Gasteiger partial charge in [0.25, 0.3) is 0 Å². The summed E-state index contributed by atoms with van der Waals surface area (Å²) < 4.78 is 0. The zero-order valence-electron chi connectivity index (χ0n) is 19.1. The number of nitrogens with zero attached hydrogens (tertiary/aromatic N) is 2. The molecule has 9 heteroatoms. The third kappa shape index (κ3) is 6.84. The van der Waals surface area contributed by atoms with Crippen molar-refractivity contribution in [1.29, 1.82) is 21.6 Å². The lowest BCUT2D eigenvalue weighted by atomic mass is 10.1. The van der Waals surface area contributed by atoms with Crippen LogP contribution in [0.2, 0.25) is 0 Å². The van der Waals surface area contributed by atoms with Gasteiger partial charge in [0.2, 0.25) is 0 Å². The summed E-state index contributed by atoms with van der Waals surface area (Å²) in [6.45, 7) is 8.03. The van der Waals surface area contributed by atoms with Crippen LogP contribution >= 0.6 is 11.8 Å².